The Morgan fingerprint density at radius 1 is 0.815 bits per heavy atom. The molecule has 0 fully saturated rings. The molecular weight excluding hydrogens is 376 g/mol. The number of hydrogen-bond acceptors (Lipinski definition) is 8. The fourth-order valence-corrected chi connectivity index (χ4v) is 4.12. The summed E-state index contributed by atoms with van der Waals surface area (Å²) < 4.78 is 35.7. The van der Waals surface area contributed by atoms with Gasteiger partial charge in [0.05, 0.1) is 5.39 Å². The maximum atomic E-state index is 12.9. The first-order valence-corrected chi connectivity index (χ1v) is 9.04. The maximum Gasteiger partial charge on any atom is 0.359 e. The Morgan fingerprint density at radius 3 is 2.30 bits per heavy atom. The monoisotopic (exact) mass is 386 g/mol. The molecule has 8 nitrogen and oxygen atoms in total. The van der Waals surface area contributed by atoms with E-state index < -0.39 is 36.6 Å². The average molecular weight is 386 g/mol. The molecule has 9 heteroatoms. The van der Waals surface area contributed by atoms with Crippen LogP contribution in [0, 0.1) is 0 Å². The van der Waals surface area contributed by atoms with Gasteiger partial charge in [-0.1, -0.05) is 12.1 Å². The number of sulfone groups is 1. The summed E-state index contributed by atoms with van der Waals surface area (Å²) in [5, 5.41) is 20.0. The molecule has 2 N–H and O–H groups in total. The number of phenols is 1. The number of aromatic hydroxyl groups is 2. The largest absolute Gasteiger partial charge is 0.508 e. The van der Waals surface area contributed by atoms with Gasteiger partial charge in [-0.2, -0.15) is 0 Å². The minimum atomic E-state index is -4.75. The second-order valence-corrected chi connectivity index (χ2v) is 7.54. The molecule has 2 heterocycles. The normalized spacial score (nSPS) is 11.9. The van der Waals surface area contributed by atoms with E-state index in [9.17, 15) is 28.2 Å². The van der Waals surface area contributed by atoms with Crippen LogP contribution in [-0.4, -0.2) is 18.6 Å². The van der Waals surface area contributed by atoms with Gasteiger partial charge in [0.25, 0.3) is 0 Å². The fourth-order valence-electron chi connectivity index (χ4n) is 2.73. The highest BCUT2D eigenvalue weighted by Crippen LogP contribution is 2.32. The fraction of sp³-hybridized carbons (Fsp3) is 0. The highest BCUT2D eigenvalue weighted by Gasteiger charge is 2.32. The maximum absolute atomic E-state index is 12.9. The zero-order chi connectivity index (χ0) is 19.3. The summed E-state index contributed by atoms with van der Waals surface area (Å²) >= 11 is 0. The Kier molecular flexibility index (Phi) is 3.57. The molecule has 0 amide bonds. The van der Waals surface area contributed by atoms with Crippen molar-refractivity contribution in [3.8, 4) is 11.5 Å². The Balaban J connectivity index is 2.05. The molecular formula is C18H10O8S. The molecule has 4 aromatic rings. The van der Waals surface area contributed by atoms with E-state index in [2.05, 4.69) is 0 Å². The van der Waals surface area contributed by atoms with E-state index in [1.807, 2.05) is 0 Å². The molecule has 0 radical (unpaired) electrons. The van der Waals surface area contributed by atoms with E-state index in [1.165, 1.54) is 30.3 Å². The second-order valence-electron chi connectivity index (χ2n) is 5.69. The van der Waals surface area contributed by atoms with E-state index in [0.29, 0.717) is 0 Å². The molecule has 4 rings (SSSR count). The van der Waals surface area contributed by atoms with Crippen LogP contribution >= 0.6 is 0 Å². The minimum Gasteiger partial charge on any atom is -0.508 e. The van der Waals surface area contributed by atoms with Crippen LogP contribution in [0.3, 0.4) is 0 Å². The number of rotatable bonds is 2. The molecule has 0 saturated heterocycles. The third-order valence-electron chi connectivity index (χ3n) is 3.99. The first-order chi connectivity index (χ1) is 12.8. The Labute approximate surface area is 150 Å². The SMILES string of the molecule is O=c1oc2cc(O)ccc2cc1S(=O)(=O)c1c(O)c2ccccc2oc1=O. The summed E-state index contributed by atoms with van der Waals surface area (Å²) in [6.45, 7) is 0. The van der Waals surface area contributed by atoms with Crippen LogP contribution in [0.1, 0.15) is 0 Å². The molecule has 0 atom stereocenters. The first kappa shape index (κ1) is 16.9. The zero-order valence-electron chi connectivity index (χ0n) is 13.4. The van der Waals surface area contributed by atoms with Crippen molar-refractivity contribution in [3.05, 3.63) is 69.4 Å². The first-order valence-electron chi connectivity index (χ1n) is 7.56. The van der Waals surface area contributed by atoms with Gasteiger partial charge in [0.15, 0.2) is 15.5 Å². The Morgan fingerprint density at radius 2 is 1.52 bits per heavy atom. The number of para-hydroxylation sites is 1. The lowest BCUT2D eigenvalue weighted by Crippen LogP contribution is -2.20. The molecule has 0 saturated carbocycles. The molecule has 0 aliphatic carbocycles. The molecule has 0 aliphatic heterocycles. The Hall–Kier alpha value is -3.59. The van der Waals surface area contributed by atoms with E-state index in [4.69, 9.17) is 8.83 Å². The lowest BCUT2D eigenvalue weighted by molar-refractivity contribution is 0.441. The van der Waals surface area contributed by atoms with Gasteiger partial charge in [0.2, 0.25) is 9.84 Å². The van der Waals surface area contributed by atoms with Crippen molar-refractivity contribution in [2.75, 3.05) is 0 Å². The van der Waals surface area contributed by atoms with Crippen LogP contribution in [0.25, 0.3) is 21.9 Å². The van der Waals surface area contributed by atoms with Gasteiger partial charge >= 0.3 is 11.3 Å². The number of benzene rings is 2. The number of fused-ring (bicyclic) bond motifs is 2. The summed E-state index contributed by atoms with van der Waals surface area (Å²) in [7, 11) is -4.75. The van der Waals surface area contributed by atoms with Gasteiger partial charge in [-0.3, -0.25) is 0 Å². The average Bonchev–Trinajstić information content (AvgIpc) is 2.60. The number of hydrogen-bond donors (Lipinski definition) is 2. The van der Waals surface area contributed by atoms with E-state index >= 15 is 0 Å². The molecule has 0 unspecified atom stereocenters. The van der Waals surface area contributed by atoms with Crippen LogP contribution in [0.15, 0.2) is 76.7 Å². The van der Waals surface area contributed by atoms with Crippen LogP contribution in [-0.2, 0) is 9.84 Å². The van der Waals surface area contributed by atoms with Crippen molar-refractivity contribution >= 4 is 31.8 Å². The highest BCUT2D eigenvalue weighted by molar-refractivity contribution is 7.91. The van der Waals surface area contributed by atoms with Crippen molar-refractivity contribution in [1.82, 2.24) is 0 Å². The molecule has 136 valence electrons. The van der Waals surface area contributed by atoms with Crippen molar-refractivity contribution in [1.29, 1.82) is 0 Å². The molecule has 2 aromatic heterocycles. The molecule has 0 bridgehead atoms. The van der Waals surface area contributed by atoms with Crippen molar-refractivity contribution in [3.63, 3.8) is 0 Å². The van der Waals surface area contributed by atoms with Crippen LogP contribution in [0.2, 0.25) is 0 Å². The predicted octanol–water partition coefficient (Wildman–Crippen LogP) is 2.14. The topological polar surface area (TPSA) is 135 Å². The lowest BCUT2D eigenvalue weighted by atomic mass is 10.2. The van der Waals surface area contributed by atoms with Crippen LogP contribution in [0.5, 0.6) is 11.5 Å². The summed E-state index contributed by atoms with van der Waals surface area (Å²) in [5.41, 5.74) is -2.59. The molecule has 0 spiro atoms. The van der Waals surface area contributed by atoms with Crippen molar-refractivity contribution in [2.24, 2.45) is 0 Å². The molecule has 0 aliphatic rings. The second kappa shape index (κ2) is 5.71. The van der Waals surface area contributed by atoms with E-state index in [-0.39, 0.29) is 27.7 Å². The van der Waals surface area contributed by atoms with Crippen LogP contribution < -0.4 is 11.3 Å². The molecule has 2 aromatic carbocycles. The summed E-state index contributed by atoms with van der Waals surface area (Å²) in [6, 6.07) is 10.6. The predicted molar refractivity (Wildman–Crippen MR) is 93.7 cm³/mol. The minimum absolute atomic E-state index is 0.0000267. The number of phenolic OH excluding ortho intramolecular Hbond substituents is 1. The molecule has 27 heavy (non-hydrogen) atoms. The zero-order valence-corrected chi connectivity index (χ0v) is 14.2. The van der Waals surface area contributed by atoms with Gasteiger partial charge in [-0.25, -0.2) is 18.0 Å². The quantitative estimate of drug-likeness (QED) is 0.500. The summed E-state index contributed by atoms with van der Waals surface area (Å²) in [6.07, 6.45) is 0. The van der Waals surface area contributed by atoms with Gasteiger partial charge in [0, 0.05) is 11.5 Å². The summed E-state index contributed by atoms with van der Waals surface area (Å²) in [5.74, 6) is -0.985. The highest BCUT2D eigenvalue weighted by atomic mass is 32.2. The Bertz CT molecular complexity index is 1440. The van der Waals surface area contributed by atoms with Gasteiger partial charge in [-0.05, 0) is 30.3 Å². The third kappa shape index (κ3) is 2.56. The lowest BCUT2D eigenvalue weighted by Gasteiger charge is -2.07. The van der Waals surface area contributed by atoms with Crippen LogP contribution in [0.4, 0.5) is 0 Å². The van der Waals surface area contributed by atoms with Crippen molar-refractivity contribution < 1.29 is 27.5 Å². The van der Waals surface area contributed by atoms with Crippen molar-refractivity contribution in [2.45, 2.75) is 9.79 Å². The van der Waals surface area contributed by atoms with E-state index in [1.54, 1.807) is 6.07 Å². The third-order valence-corrected chi connectivity index (χ3v) is 5.75. The van der Waals surface area contributed by atoms with Gasteiger partial charge < -0.3 is 19.0 Å². The summed E-state index contributed by atoms with van der Waals surface area (Å²) in [4.78, 5) is 22.5. The van der Waals surface area contributed by atoms with Gasteiger partial charge in [0.1, 0.15) is 16.9 Å². The van der Waals surface area contributed by atoms with E-state index in [0.717, 1.165) is 12.1 Å². The standard InChI is InChI=1S/C18H10O8S/c19-10-6-5-9-7-14(17(21)26-13(9)8-10)27(23,24)16-15(20)11-3-1-2-4-12(11)25-18(16)22/h1-8,19-20H. The smallest absolute Gasteiger partial charge is 0.359 e. The van der Waals surface area contributed by atoms with Gasteiger partial charge in [-0.15, -0.1) is 0 Å².